The number of hydrogen-bond acceptors (Lipinski definition) is 3. The zero-order valence-corrected chi connectivity index (χ0v) is 24.1. The van der Waals surface area contributed by atoms with Gasteiger partial charge in [0.15, 0.2) is 0 Å². The van der Waals surface area contributed by atoms with Gasteiger partial charge in [-0.15, -0.1) is 65.5 Å². The van der Waals surface area contributed by atoms with Crippen LogP contribution in [0.2, 0.25) is 0 Å². The Balaban J connectivity index is 0.000000174. The van der Waals surface area contributed by atoms with E-state index >= 15 is 0 Å². The summed E-state index contributed by atoms with van der Waals surface area (Å²) in [6, 6.07) is 44.0. The predicted molar refractivity (Wildman–Crippen MR) is 163 cm³/mol. The predicted octanol–water partition coefficient (Wildman–Crippen LogP) is 8.51. The Labute approximate surface area is 255 Å². The topological polar surface area (TPSA) is 43.1 Å². The maximum atomic E-state index is 7.23. The van der Waals surface area contributed by atoms with Gasteiger partial charge in [-0.05, 0) is 53.0 Å². The van der Waals surface area contributed by atoms with Crippen LogP contribution in [-0.2, 0) is 20.1 Å². The second kappa shape index (κ2) is 11.4. The van der Waals surface area contributed by atoms with Gasteiger partial charge >= 0.3 is 0 Å². The average molecular weight is 708 g/mol. The van der Waals surface area contributed by atoms with Crippen LogP contribution >= 0.6 is 0 Å². The molecular formula is C36H24IrN4-2. The van der Waals surface area contributed by atoms with E-state index in [1.807, 2.05) is 48.7 Å². The van der Waals surface area contributed by atoms with Gasteiger partial charge in [-0.1, -0.05) is 54.6 Å². The molecule has 5 heteroatoms. The van der Waals surface area contributed by atoms with Gasteiger partial charge in [0.05, 0.1) is 11.0 Å². The number of aromatic nitrogens is 4. The number of imidazole rings is 1. The Morgan fingerprint density at radius 2 is 1.54 bits per heavy atom. The van der Waals surface area contributed by atoms with Crippen molar-refractivity contribution < 1.29 is 24.2 Å². The molecule has 4 heterocycles. The van der Waals surface area contributed by atoms with E-state index in [9.17, 15) is 0 Å². The Morgan fingerprint density at radius 3 is 2.34 bits per heavy atom. The maximum Gasteiger partial charge on any atom is 0.130 e. The van der Waals surface area contributed by atoms with Crippen LogP contribution in [0, 0.1) is 19.0 Å². The summed E-state index contributed by atoms with van der Waals surface area (Å²) in [6.45, 7) is -2.09. The molecule has 0 saturated heterocycles. The molecule has 0 aliphatic heterocycles. The van der Waals surface area contributed by atoms with E-state index in [0.717, 1.165) is 60.9 Å². The minimum absolute atomic E-state index is 0. The first kappa shape index (κ1) is 23.0. The minimum Gasteiger partial charge on any atom is -0.335 e. The Bertz CT molecular complexity index is 2210. The zero-order valence-electron chi connectivity index (χ0n) is 24.7. The zero-order chi connectivity index (χ0) is 29.4. The molecule has 41 heavy (non-hydrogen) atoms. The average Bonchev–Trinajstić information content (AvgIpc) is 3.45. The van der Waals surface area contributed by atoms with E-state index in [0.29, 0.717) is 0 Å². The number of aryl methyl sites for hydroxylation is 1. The van der Waals surface area contributed by atoms with Crippen LogP contribution in [0.3, 0.4) is 0 Å². The normalized spacial score (nSPS) is 12.2. The summed E-state index contributed by atoms with van der Waals surface area (Å²) >= 11 is 0. The molecular weight excluding hydrogens is 681 g/mol. The van der Waals surface area contributed by atoms with Crippen LogP contribution in [0.5, 0.6) is 0 Å². The molecule has 199 valence electrons. The molecule has 0 saturated carbocycles. The van der Waals surface area contributed by atoms with E-state index in [1.165, 1.54) is 6.20 Å². The summed E-state index contributed by atoms with van der Waals surface area (Å²) in [6.07, 6.45) is 3.27. The molecule has 8 rings (SSSR count). The van der Waals surface area contributed by atoms with Crippen molar-refractivity contribution in [2.45, 2.75) is 6.85 Å². The van der Waals surface area contributed by atoms with Gasteiger partial charge in [0.25, 0.3) is 0 Å². The van der Waals surface area contributed by atoms with Crippen LogP contribution in [0.1, 0.15) is 9.68 Å². The quantitative estimate of drug-likeness (QED) is 0.134. The van der Waals surface area contributed by atoms with Crippen LogP contribution < -0.4 is 0 Å². The number of nitrogens with zero attached hydrogens (tertiary/aromatic N) is 4. The monoisotopic (exact) mass is 708 g/mol. The molecule has 1 radical (unpaired) electrons. The van der Waals surface area contributed by atoms with Gasteiger partial charge in [0, 0.05) is 47.5 Å². The third-order valence-corrected chi connectivity index (χ3v) is 6.88. The summed E-state index contributed by atoms with van der Waals surface area (Å²) in [4.78, 5) is 13.8. The number of hydrogen-bond donors (Lipinski definition) is 0. The SMILES string of the molecule is [2H]C([2H])([2H])c1ccc(-c2[c-]cccc2)nc1.[Ir].[c-]1cccc2c1c1nccc(-c3ccccc3)c1c1nc3ccccc3n21. The molecule has 0 bridgehead atoms. The van der Waals surface area contributed by atoms with Crippen LogP contribution in [0.15, 0.2) is 128 Å². The van der Waals surface area contributed by atoms with Crippen molar-refractivity contribution in [2.24, 2.45) is 0 Å². The standard InChI is InChI=1S/C24H14N3.C12H10N.Ir/c1-2-8-16(9-3-1)17-14-15-25-23-18-10-4-6-12-20(18)27-21-13-7-5-11-19(21)26-24(27)22(17)23;1-10-7-8-12(13-9-10)11-5-3-2-4-6-11;/h1-9,11-15H;2-5,7-9H,1H3;/q2*-1;/i;1D3;. The molecule has 4 nitrogen and oxygen atoms in total. The molecule has 0 amide bonds. The van der Waals surface area contributed by atoms with Crippen LogP contribution in [-0.4, -0.2) is 19.4 Å². The van der Waals surface area contributed by atoms with E-state index in [-0.39, 0.29) is 25.7 Å². The first-order valence-corrected chi connectivity index (χ1v) is 13.0. The van der Waals surface area contributed by atoms with Crippen molar-refractivity contribution in [1.82, 2.24) is 19.4 Å². The molecule has 0 atom stereocenters. The molecule has 0 spiro atoms. The summed E-state index contributed by atoms with van der Waals surface area (Å²) in [5, 5.41) is 2.08. The van der Waals surface area contributed by atoms with Gasteiger partial charge in [-0.3, -0.25) is 0 Å². The number of fused-ring (bicyclic) bond motifs is 8. The molecule has 4 aromatic carbocycles. The second-order valence-electron chi connectivity index (χ2n) is 9.35. The van der Waals surface area contributed by atoms with Crippen LogP contribution in [0.25, 0.3) is 60.9 Å². The van der Waals surface area contributed by atoms with Crippen molar-refractivity contribution >= 4 is 38.5 Å². The van der Waals surface area contributed by atoms with Crippen molar-refractivity contribution in [3.63, 3.8) is 0 Å². The molecule has 0 fully saturated rings. The van der Waals surface area contributed by atoms with E-state index in [1.54, 1.807) is 18.2 Å². The number of pyridine rings is 3. The van der Waals surface area contributed by atoms with E-state index < -0.39 is 6.85 Å². The van der Waals surface area contributed by atoms with Gasteiger partial charge < -0.3 is 14.4 Å². The van der Waals surface area contributed by atoms with Crippen LogP contribution in [0.4, 0.5) is 0 Å². The first-order chi connectivity index (χ1) is 21.0. The van der Waals surface area contributed by atoms with Gasteiger partial charge in [-0.25, -0.2) is 4.98 Å². The fraction of sp³-hybridized carbons (Fsp3) is 0.0278. The summed E-state index contributed by atoms with van der Waals surface area (Å²) < 4.78 is 23.9. The maximum absolute atomic E-state index is 7.23. The molecule has 0 aliphatic rings. The van der Waals surface area contributed by atoms with Crippen molar-refractivity contribution in [2.75, 3.05) is 0 Å². The Morgan fingerprint density at radius 1 is 0.732 bits per heavy atom. The summed E-state index contributed by atoms with van der Waals surface area (Å²) in [5.41, 5.74) is 9.18. The third-order valence-electron chi connectivity index (χ3n) is 6.88. The summed E-state index contributed by atoms with van der Waals surface area (Å²) in [7, 11) is 0. The fourth-order valence-electron chi connectivity index (χ4n) is 5.08. The van der Waals surface area contributed by atoms with Gasteiger partial charge in [-0.2, -0.15) is 0 Å². The summed E-state index contributed by atoms with van der Waals surface area (Å²) in [5.74, 6) is 0. The van der Waals surface area contributed by atoms with E-state index in [2.05, 4.69) is 76.1 Å². The number of para-hydroxylation sites is 2. The van der Waals surface area contributed by atoms with Gasteiger partial charge in [0.1, 0.15) is 5.65 Å². The van der Waals surface area contributed by atoms with Crippen molar-refractivity contribution in [3.05, 3.63) is 145 Å². The van der Waals surface area contributed by atoms with Crippen molar-refractivity contribution in [3.8, 4) is 22.4 Å². The Kier molecular flexibility index (Phi) is 6.42. The molecule has 0 N–H and O–H groups in total. The second-order valence-corrected chi connectivity index (χ2v) is 9.35. The third kappa shape index (κ3) is 4.91. The number of rotatable bonds is 2. The largest absolute Gasteiger partial charge is 0.335 e. The molecule has 0 aliphatic carbocycles. The number of benzene rings is 4. The Hall–Kier alpha value is -4.70. The first-order valence-electron chi connectivity index (χ1n) is 14.5. The molecule has 4 aromatic heterocycles. The minimum atomic E-state index is -2.09. The molecule has 0 unspecified atom stereocenters. The van der Waals surface area contributed by atoms with E-state index in [4.69, 9.17) is 14.1 Å². The van der Waals surface area contributed by atoms with Gasteiger partial charge in [0.2, 0.25) is 0 Å². The van der Waals surface area contributed by atoms with Crippen molar-refractivity contribution in [1.29, 1.82) is 0 Å². The molecule has 8 aromatic rings. The smallest absolute Gasteiger partial charge is 0.130 e. The fourth-order valence-corrected chi connectivity index (χ4v) is 5.08.